The summed E-state index contributed by atoms with van der Waals surface area (Å²) in [4.78, 5) is 23.3. The number of amides is 2. The van der Waals surface area contributed by atoms with Crippen LogP contribution in [0.5, 0.6) is 0 Å². The first-order chi connectivity index (χ1) is 10.5. The Morgan fingerprint density at radius 2 is 1.91 bits per heavy atom. The summed E-state index contributed by atoms with van der Waals surface area (Å²) in [6, 6.07) is 9.19. The van der Waals surface area contributed by atoms with E-state index in [-0.39, 0.29) is 12.5 Å². The van der Waals surface area contributed by atoms with Crippen molar-refractivity contribution in [3.8, 4) is 0 Å². The largest absolute Gasteiger partial charge is 0.382 e. The molecule has 1 aromatic carbocycles. The average Bonchev–Trinajstić information content (AvgIpc) is 2.53. The molecule has 0 aliphatic heterocycles. The average molecular weight is 307 g/mol. The van der Waals surface area contributed by atoms with E-state index < -0.39 is 18.1 Å². The normalized spacial score (nSPS) is 13.2. The summed E-state index contributed by atoms with van der Waals surface area (Å²) in [5, 5.41) is 14.8. The Bertz CT molecular complexity index is 465. The van der Waals surface area contributed by atoms with Crippen molar-refractivity contribution in [1.82, 2.24) is 10.6 Å². The van der Waals surface area contributed by atoms with Crippen molar-refractivity contribution in [1.29, 1.82) is 0 Å². The highest BCUT2D eigenvalue weighted by Gasteiger charge is 2.22. The molecule has 1 aromatic rings. The summed E-state index contributed by atoms with van der Waals surface area (Å²) >= 11 is 0. The third-order valence-electron chi connectivity index (χ3n) is 3.30. The minimum atomic E-state index is -1.28. The number of nitrogens with two attached hydrogens (primary N) is 1. The van der Waals surface area contributed by atoms with E-state index in [9.17, 15) is 14.7 Å². The van der Waals surface area contributed by atoms with E-state index in [1.54, 1.807) is 0 Å². The second-order valence-corrected chi connectivity index (χ2v) is 5.20. The van der Waals surface area contributed by atoms with Crippen LogP contribution in [-0.2, 0) is 16.0 Å². The summed E-state index contributed by atoms with van der Waals surface area (Å²) in [5.41, 5.74) is 6.80. The topological polar surface area (TPSA) is 104 Å². The fraction of sp³-hybridized carbons (Fsp3) is 0.500. The Morgan fingerprint density at radius 3 is 2.55 bits per heavy atom. The van der Waals surface area contributed by atoms with Crippen molar-refractivity contribution in [2.24, 2.45) is 5.73 Å². The maximum atomic E-state index is 11.6. The smallest absolute Gasteiger partial charge is 0.250 e. The molecular weight excluding hydrogens is 282 g/mol. The van der Waals surface area contributed by atoms with E-state index in [1.165, 1.54) is 0 Å². The molecule has 0 aliphatic rings. The Labute approximate surface area is 131 Å². The van der Waals surface area contributed by atoms with Gasteiger partial charge in [0, 0.05) is 12.6 Å². The molecule has 0 aromatic heterocycles. The zero-order valence-corrected chi connectivity index (χ0v) is 12.9. The van der Waals surface area contributed by atoms with Gasteiger partial charge in [0.2, 0.25) is 5.91 Å². The van der Waals surface area contributed by atoms with Crippen molar-refractivity contribution in [3.05, 3.63) is 35.9 Å². The zero-order chi connectivity index (χ0) is 16.4. The van der Waals surface area contributed by atoms with Crippen LogP contribution in [0.3, 0.4) is 0 Å². The van der Waals surface area contributed by atoms with Gasteiger partial charge in [-0.25, -0.2) is 0 Å². The van der Waals surface area contributed by atoms with Gasteiger partial charge in [-0.2, -0.15) is 0 Å². The highest BCUT2D eigenvalue weighted by molar-refractivity contribution is 5.87. The molecule has 6 nitrogen and oxygen atoms in total. The first-order valence-electron chi connectivity index (χ1n) is 7.56. The van der Waals surface area contributed by atoms with Crippen molar-refractivity contribution in [2.75, 3.05) is 13.1 Å². The molecule has 122 valence electrons. The summed E-state index contributed by atoms with van der Waals surface area (Å²) < 4.78 is 0. The quantitative estimate of drug-likeness (QED) is 0.513. The molecule has 0 aliphatic carbocycles. The van der Waals surface area contributed by atoms with Crippen LogP contribution in [-0.4, -0.2) is 42.2 Å². The lowest BCUT2D eigenvalue weighted by Crippen LogP contribution is -2.48. The van der Waals surface area contributed by atoms with Crippen LogP contribution in [0.4, 0.5) is 0 Å². The molecule has 0 fully saturated rings. The lowest BCUT2D eigenvalue weighted by Gasteiger charge is -2.17. The number of rotatable bonds is 9. The molecule has 0 saturated heterocycles. The molecule has 22 heavy (non-hydrogen) atoms. The van der Waals surface area contributed by atoms with E-state index in [0.717, 1.165) is 18.4 Å². The van der Waals surface area contributed by atoms with Gasteiger partial charge in [-0.1, -0.05) is 43.7 Å². The molecule has 0 heterocycles. The number of aliphatic hydroxyl groups excluding tert-OH is 1. The molecule has 2 atom stereocenters. The van der Waals surface area contributed by atoms with Gasteiger partial charge in [0.15, 0.2) is 0 Å². The Morgan fingerprint density at radius 1 is 1.23 bits per heavy atom. The Balaban J connectivity index is 2.21. The summed E-state index contributed by atoms with van der Waals surface area (Å²) in [5.74, 6) is -0.903. The molecule has 0 radical (unpaired) electrons. The van der Waals surface area contributed by atoms with E-state index in [2.05, 4.69) is 10.6 Å². The number of nitrogens with one attached hydrogen (secondary N) is 2. The summed E-state index contributed by atoms with van der Waals surface area (Å²) in [7, 11) is 0. The predicted molar refractivity (Wildman–Crippen MR) is 85.1 cm³/mol. The Hall–Kier alpha value is -1.92. The van der Waals surface area contributed by atoms with Gasteiger partial charge in [-0.3, -0.25) is 9.59 Å². The molecule has 5 N–H and O–H groups in total. The number of aliphatic hydroxyl groups is 1. The Kier molecular flexibility index (Phi) is 8.17. The standard InChI is InChI=1S/C16H25N3O3/c1-2-6-13(17)15(21)16(22)19-11-14(20)18-10-9-12-7-4-3-5-8-12/h3-5,7-8,13,15,21H,2,6,9-11,17H2,1H3,(H,18,20)(H,19,22)/t13-,15+/m0/s1. The lowest BCUT2D eigenvalue weighted by atomic mass is 10.1. The van der Waals surface area contributed by atoms with Crippen LogP contribution >= 0.6 is 0 Å². The molecular formula is C16H25N3O3. The van der Waals surface area contributed by atoms with Gasteiger partial charge in [0.05, 0.1) is 6.54 Å². The number of hydrogen-bond donors (Lipinski definition) is 4. The molecule has 2 amide bonds. The van der Waals surface area contributed by atoms with Crippen molar-refractivity contribution >= 4 is 11.8 Å². The third kappa shape index (κ3) is 6.69. The van der Waals surface area contributed by atoms with Crippen LogP contribution in [0.15, 0.2) is 30.3 Å². The SMILES string of the molecule is CCC[C@H](N)[C@@H](O)C(=O)NCC(=O)NCCc1ccccc1. The minimum absolute atomic E-state index is 0.163. The monoisotopic (exact) mass is 307 g/mol. The van der Waals surface area contributed by atoms with Gasteiger partial charge >= 0.3 is 0 Å². The number of carbonyl (C=O) groups excluding carboxylic acids is 2. The number of hydrogen-bond acceptors (Lipinski definition) is 4. The van der Waals surface area contributed by atoms with Gasteiger partial charge in [0.1, 0.15) is 6.10 Å². The van der Waals surface area contributed by atoms with Crippen molar-refractivity contribution < 1.29 is 14.7 Å². The highest BCUT2D eigenvalue weighted by atomic mass is 16.3. The molecule has 0 bridgehead atoms. The maximum absolute atomic E-state index is 11.6. The first kappa shape index (κ1) is 18.1. The maximum Gasteiger partial charge on any atom is 0.250 e. The molecule has 0 unspecified atom stereocenters. The van der Waals surface area contributed by atoms with Crippen LogP contribution in [0.2, 0.25) is 0 Å². The second-order valence-electron chi connectivity index (χ2n) is 5.20. The van der Waals surface area contributed by atoms with E-state index >= 15 is 0 Å². The van der Waals surface area contributed by atoms with Gasteiger partial charge < -0.3 is 21.5 Å². The summed E-state index contributed by atoms with van der Waals surface area (Å²) in [6.45, 7) is 2.25. The predicted octanol–water partition coefficient (Wildman–Crippen LogP) is -0.0502. The lowest BCUT2D eigenvalue weighted by molar-refractivity contribution is -0.132. The minimum Gasteiger partial charge on any atom is -0.382 e. The highest BCUT2D eigenvalue weighted by Crippen LogP contribution is 2.00. The molecule has 0 saturated carbocycles. The second kappa shape index (κ2) is 9.92. The van der Waals surface area contributed by atoms with Crippen molar-refractivity contribution in [3.63, 3.8) is 0 Å². The van der Waals surface area contributed by atoms with Gasteiger partial charge in [0.25, 0.3) is 5.91 Å². The fourth-order valence-corrected chi connectivity index (χ4v) is 2.01. The molecule has 0 spiro atoms. The van der Waals surface area contributed by atoms with Crippen LogP contribution in [0.25, 0.3) is 0 Å². The van der Waals surface area contributed by atoms with E-state index in [4.69, 9.17) is 5.73 Å². The number of benzene rings is 1. The molecule has 6 heteroatoms. The van der Waals surface area contributed by atoms with Crippen molar-refractivity contribution in [2.45, 2.75) is 38.3 Å². The van der Waals surface area contributed by atoms with E-state index in [0.29, 0.717) is 13.0 Å². The van der Waals surface area contributed by atoms with Crippen LogP contribution in [0.1, 0.15) is 25.3 Å². The fourth-order valence-electron chi connectivity index (χ4n) is 2.01. The van der Waals surface area contributed by atoms with E-state index in [1.807, 2.05) is 37.3 Å². The van der Waals surface area contributed by atoms with Gasteiger partial charge in [-0.05, 0) is 18.4 Å². The molecule has 1 rings (SSSR count). The first-order valence-corrected chi connectivity index (χ1v) is 7.56. The third-order valence-corrected chi connectivity index (χ3v) is 3.30. The summed E-state index contributed by atoms with van der Waals surface area (Å²) in [6.07, 6.45) is 0.783. The van der Waals surface area contributed by atoms with Crippen LogP contribution in [0, 0.1) is 0 Å². The zero-order valence-electron chi connectivity index (χ0n) is 12.9. The van der Waals surface area contributed by atoms with Crippen LogP contribution < -0.4 is 16.4 Å². The number of carbonyl (C=O) groups is 2. The van der Waals surface area contributed by atoms with Gasteiger partial charge in [-0.15, -0.1) is 0 Å².